The summed E-state index contributed by atoms with van der Waals surface area (Å²) in [4.78, 5) is 12.1. The number of fused-ring (bicyclic) bond motifs is 1. The van der Waals surface area contributed by atoms with E-state index in [1.54, 1.807) is 0 Å². The minimum Gasteiger partial charge on any atom is -0.491 e. The monoisotopic (exact) mass is 440 g/mol. The molecule has 0 radical (unpaired) electrons. The van der Waals surface area contributed by atoms with Crippen molar-refractivity contribution >= 4 is 5.78 Å². The van der Waals surface area contributed by atoms with Crippen LogP contribution in [0.25, 0.3) is 0 Å². The van der Waals surface area contributed by atoms with E-state index in [9.17, 15) is 15.0 Å². The topological polar surface area (TPSA) is 66.8 Å². The van der Waals surface area contributed by atoms with E-state index in [0.717, 1.165) is 42.6 Å². The van der Waals surface area contributed by atoms with Gasteiger partial charge in [0.05, 0.1) is 18.0 Å². The minimum absolute atomic E-state index is 0.209. The van der Waals surface area contributed by atoms with Gasteiger partial charge < -0.3 is 14.9 Å². The molecule has 0 aromatic carbocycles. The van der Waals surface area contributed by atoms with Gasteiger partial charge in [-0.3, -0.25) is 4.79 Å². The normalized spacial score (nSPS) is 38.6. The third-order valence-electron chi connectivity index (χ3n) is 8.77. The fourth-order valence-corrected chi connectivity index (χ4v) is 6.48. The molecule has 4 fully saturated rings. The van der Waals surface area contributed by atoms with Crippen molar-refractivity contribution in [3.05, 3.63) is 46.8 Å². The Morgan fingerprint density at radius 1 is 1.19 bits per heavy atom. The maximum atomic E-state index is 12.1. The highest BCUT2D eigenvalue weighted by atomic mass is 16.5. The lowest BCUT2D eigenvalue weighted by atomic mass is 9.62. The summed E-state index contributed by atoms with van der Waals surface area (Å²) in [6, 6.07) is 0. The van der Waals surface area contributed by atoms with E-state index in [1.807, 2.05) is 6.92 Å². The minimum atomic E-state index is -0.640. The summed E-state index contributed by atoms with van der Waals surface area (Å²) in [7, 11) is 0. The molecule has 5 atom stereocenters. The van der Waals surface area contributed by atoms with Crippen molar-refractivity contribution in [1.29, 1.82) is 0 Å². The van der Waals surface area contributed by atoms with Crippen molar-refractivity contribution in [3.63, 3.8) is 0 Å². The lowest BCUT2D eigenvalue weighted by Gasteiger charge is -2.43. The molecule has 0 aromatic rings. The first-order valence-corrected chi connectivity index (χ1v) is 12.5. The molecule has 4 aliphatic carbocycles. The summed E-state index contributed by atoms with van der Waals surface area (Å²) >= 11 is 0. The van der Waals surface area contributed by atoms with Crippen molar-refractivity contribution < 1.29 is 19.7 Å². The number of Topliss-reactive ketones (excluding diaryl/α,β-unsaturated/α-hetero) is 1. The number of ketones is 1. The highest BCUT2D eigenvalue weighted by molar-refractivity contribution is 5.84. The number of rotatable bonds is 6. The van der Waals surface area contributed by atoms with E-state index in [4.69, 9.17) is 4.74 Å². The maximum absolute atomic E-state index is 12.1. The molecule has 2 N–H and O–H groups in total. The van der Waals surface area contributed by atoms with Crippen LogP contribution in [0.3, 0.4) is 0 Å². The van der Waals surface area contributed by atoms with Gasteiger partial charge >= 0.3 is 0 Å². The Labute approximate surface area is 193 Å². The summed E-state index contributed by atoms with van der Waals surface area (Å²) < 4.78 is 5.94. The van der Waals surface area contributed by atoms with Gasteiger partial charge in [-0.05, 0) is 99.2 Å². The first-order valence-electron chi connectivity index (χ1n) is 12.5. The fourth-order valence-electron chi connectivity index (χ4n) is 6.48. The Bertz CT molecular complexity index is 859. The van der Waals surface area contributed by atoms with E-state index in [0.29, 0.717) is 24.7 Å². The fraction of sp³-hybridized carbons (Fsp3) is 0.679. The second kappa shape index (κ2) is 9.30. The second-order valence-corrected chi connectivity index (χ2v) is 10.9. The zero-order valence-corrected chi connectivity index (χ0v) is 20.0. The lowest BCUT2D eigenvalue weighted by molar-refractivity contribution is -0.123. The van der Waals surface area contributed by atoms with E-state index in [2.05, 4.69) is 32.6 Å². The number of hydrogen-bond acceptors (Lipinski definition) is 4. The molecule has 4 rings (SSSR count). The maximum Gasteiger partial charge on any atom is 0.173 e. The number of ether oxygens (including phenoxy) is 1. The molecule has 0 amide bonds. The van der Waals surface area contributed by atoms with E-state index in [-0.39, 0.29) is 23.7 Å². The first-order chi connectivity index (χ1) is 15.2. The average molecular weight is 441 g/mol. The van der Waals surface area contributed by atoms with Gasteiger partial charge in [0, 0.05) is 12.3 Å². The summed E-state index contributed by atoms with van der Waals surface area (Å²) in [5, 5.41) is 20.2. The van der Waals surface area contributed by atoms with Gasteiger partial charge in [-0.25, -0.2) is 0 Å². The summed E-state index contributed by atoms with van der Waals surface area (Å²) in [6.45, 7) is 10.9. The number of carbonyl (C=O) groups excluding carboxylic acids is 1. The Kier molecular flexibility index (Phi) is 6.84. The van der Waals surface area contributed by atoms with Gasteiger partial charge in [-0.1, -0.05) is 31.2 Å². The van der Waals surface area contributed by atoms with Crippen LogP contribution in [0.1, 0.15) is 78.6 Å². The Morgan fingerprint density at radius 3 is 2.66 bits per heavy atom. The second-order valence-electron chi connectivity index (χ2n) is 10.9. The van der Waals surface area contributed by atoms with Crippen molar-refractivity contribution in [2.75, 3.05) is 6.61 Å². The highest BCUT2D eigenvalue weighted by Crippen LogP contribution is 2.59. The van der Waals surface area contributed by atoms with Crippen molar-refractivity contribution in [2.24, 2.45) is 23.2 Å². The van der Waals surface area contributed by atoms with Gasteiger partial charge in [-0.15, -0.1) is 0 Å². The molecule has 0 spiro atoms. The van der Waals surface area contributed by atoms with Crippen LogP contribution in [0.2, 0.25) is 0 Å². The molecular formula is C28H40O4. The molecule has 4 heteroatoms. The summed E-state index contributed by atoms with van der Waals surface area (Å²) in [5.74, 6) is 2.46. The van der Waals surface area contributed by atoms with E-state index in [1.165, 1.54) is 30.4 Å². The molecule has 4 nitrogen and oxygen atoms in total. The van der Waals surface area contributed by atoms with Crippen LogP contribution >= 0.6 is 0 Å². The largest absolute Gasteiger partial charge is 0.491 e. The smallest absolute Gasteiger partial charge is 0.173 e. The van der Waals surface area contributed by atoms with Gasteiger partial charge in [0.25, 0.3) is 0 Å². The Balaban J connectivity index is 1.49. The van der Waals surface area contributed by atoms with Crippen LogP contribution in [0.4, 0.5) is 0 Å². The molecule has 0 aliphatic heterocycles. The molecule has 4 aliphatic rings. The molecule has 1 unspecified atom stereocenters. The van der Waals surface area contributed by atoms with Crippen LogP contribution in [0.15, 0.2) is 46.8 Å². The third-order valence-corrected chi connectivity index (χ3v) is 8.77. The standard InChI is InChI=1S/C28H40O4/c1-17(19(3)32-16-27(31)21-8-9-21)24-11-12-25-20(6-5-13-28(24,25)4)7-10-22-14-23(29)15-26(30)18(22)2/h7,10,21,23-26,29-30H,2,5-6,8-9,11-16H2,1,3-4H3/b19-17-,20-7+,22-10-/t23-,24-,25?,26+,28-/m1/s1. The predicted octanol–water partition coefficient (Wildman–Crippen LogP) is 5.42. The van der Waals surface area contributed by atoms with Gasteiger partial charge in [0.1, 0.15) is 6.61 Å². The molecule has 176 valence electrons. The molecule has 32 heavy (non-hydrogen) atoms. The quantitative estimate of drug-likeness (QED) is 0.542. The number of aliphatic hydroxyl groups is 2. The molecule has 0 aromatic heterocycles. The zero-order valence-electron chi connectivity index (χ0n) is 20.0. The van der Waals surface area contributed by atoms with Crippen LogP contribution < -0.4 is 0 Å². The molecule has 0 saturated heterocycles. The van der Waals surface area contributed by atoms with Crippen molar-refractivity contribution in [3.8, 4) is 0 Å². The Hall–Kier alpha value is -1.65. The Morgan fingerprint density at radius 2 is 1.94 bits per heavy atom. The van der Waals surface area contributed by atoms with Gasteiger partial charge in [0.2, 0.25) is 0 Å². The number of hydrogen-bond donors (Lipinski definition) is 2. The highest BCUT2D eigenvalue weighted by Gasteiger charge is 2.50. The third kappa shape index (κ3) is 4.68. The number of allylic oxidation sites excluding steroid dienone is 5. The van der Waals surface area contributed by atoms with Crippen LogP contribution in [-0.2, 0) is 9.53 Å². The number of carbonyl (C=O) groups is 1. The van der Waals surface area contributed by atoms with Crippen LogP contribution in [-0.4, -0.2) is 34.8 Å². The van der Waals surface area contributed by atoms with Crippen LogP contribution in [0.5, 0.6) is 0 Å². The summed E-state index contributed by atoms with van der Waals surface area (Å²) in [5.41, 5.74) is 4.74. The van der Waals surface area contributed by atoms with Crippen molar-refractivity contribution in [1.82, 2.24) is 0 Å². The molecule has 0 heterocycles. The molecule has 0 bridgehead atoms. The molecule has 4 saturated carbocycles. The van der Waals surface area contributed by atoms with E-state index < -0.39 is 12.2 Å². The molecular weight excluding hydrogens is 400 g/mol. The van der Waals surface area contributed by atoms with E-state index >= 15 is 0 Å². The van der Waals surface area contributed by atoms with Gasteiger partial charge in [-0.2, -0.15) is 0 Å². The number of aliphatic hydroxyl groups excluding tert-OH is 2. The van der Waals surface area contributed by atoms with Crippen LogP contribution in [0, 0.1) is 23.2 Å². The predicted molar refractivity (Wildman–Crippen MR) is 127 cm³/mol. The lowest BCUT2D eigenvalue weighted by Crippen LogP contribution is -2.34. The summed E-state index contributed by atoms with van der Waals surface area (Å²) in [6.07, 6.45) is 12.1. The van der Waals surface area contributed by atoms with Gasteiger partial charge in [0.15, 0.2) is 5.78 Å². The average Bonchev–Trinajstić information content (AvgIpc) is 3.54. The SMILES string of the molecule is C=C1/C(=C\C=C2/CCC[C@@]3(C)C2CC[C@@H]3/C(C)=C(/C)OCC(=O)C2CC2)C[C@@H](O)C[C@@H]1O. The first kappa shape index (κ1) is 23.5. The zero-order chi connectivity index (χ0) is 23.0. The van der Waals surface area contributed by atoms with Crippen molar-refractivity contribution in [2.45, 2.75) is 90.8 Å².